The van der Waals surface area contributed by atoms with E-state index in [-0.39, 0.29) is 47.6 Å². The zero-order chi connectivity index (χ0) is 27.7. The number of H-pyrrole nitrogens is 1. The molecule has 2 N–H and O–H groups in total. The first-order valence-electron chi connectivity index (χ1n) is 12.7. The zero-order valence-electron chi connectivity index (χ0n) is 22.0. The largest absolute Gasteiger partial charge is 0.457 e. The van der Waals surface area contributed by atoms with Gasteiger partial charge in [-0.1, -0.05) is 29.8 Å². The van der Waals surface area contributed by atoms with E-state index in [4.69, 9.17) is 21.1 Å². The molecule has 1 fully saturated rings. The molecule has 2 atom stereocenters. The maximum Gasteiger partial charge on any atom is 0.275 e. The summed E-state index contributed by atoms with van der Waals surface area (Å²) in [6.45, 7) is 4.40. The third-order valence-electron chi connectivity index (χ3n) is 7.01. The summed E-state index contributed by atoms with van der Waals surface area (Å²) in [7, 11) is 1.57. The van der Waals surface area contributed by atoms with E-state index in [1.54, 1.807) is 31.0 Å². The SMILES string of the molecule is Cc1ccc2cc1Oc1cccc(c1)CO[C@@H]1CCN(C(=O)c3n[nH]c(C)c3Cl)C[C@@H]1NC(=O)CN(C)C2=O. The van der Waals surface area contributed by atoms with Crippen molar-refractivity contribution in [2.75, 3.05) is 26.7 Å². The van der Waals surface area contributed by atoms with Gasteiger partial charge in [0.05, 0.1) is 36.0 Å². The summed E-state index contributed by atoms with van der Waals surface area (Å²) in [6.07, 6.45) is 0.134. The van der Waals surface area contributed by atoms with Crippen LogP contribution in [0.1, 0.15) is 44.1 Å². The zero-order valence-corrected chi connectivity index (χ0v) is 22.7. The van der Waals surface area contributed by atoms with Gasteiger partial charge in [-0.25, -0.2) is 0 Å². The minimum absolute atomic E-state index is 0.146. The van der Waals surface area contributed by atoms with Crippen LogP contribution in [-0.2, 0) is 16.1 Å². The van der Waals surface area contributed by atoms with Crippen molar-refractivity contribution in [2.24, 2.45) is 0 Å². The third-order valence-corrected chi connectivity index (χ3v) is 7.47. The molecule has 0 unspecified atom stereocenters. The molecule has 10 nitrogen and oxygen atoms in total. The third kappa shape index (κ3) is 5.76. The second kappa shape index (κ2) is 11.1. The quantitative estimate of drug-likeness (QED) is 0.478. The Morgan fingerprint density at radius 3 is 2.74 bits per heavy atom. The lowest BCUT2D eigenvalue weighted by Crippen LogP contribution is -2.58. The van der Waals surface area contributed by atoms with Gasteiger partial charge in [0.1, 0.15) is 11.5 Å². The minimum atomic E-state index is -0.504. The van der Waals surface area contributed by atoms with Gasteiger partial charge in [-0.3, -0.25) is 19.5 Å². The molecule has 0 spiro atoms. The van der Waals surface area contributed by atoms with Gasteiger partial charge in [-0.05, 0) is 55.7 Å². The number of aromatic nitrogens is 2. The summed E-state index contributed by atoms with van der Waals surface area (Å²) in [5.41, 5.74) is 2.94. The van der Waals surface area contributed by atoms with Gasteiger partial charge >= 0.3 is 0 Å². The van der Waals surface area contributed by atoms with Gasteiger partial charge in [-0.15, -0.1) is 0 Å². The van der Waals surface area contributed by atoms with Crippen LogP contribution in [0.3, 0.4) is 0 Å². The van der Waals surface area contributed by atoms with E-state index in [1.807, 2.05) is 37.3 Å². The lowest BCUT2D eigenvalue weighted by atomic mass is 10.0. The summed E-state index contributed by atoms with van der Waals surface area (Å²) in [4.78, 5) is 42.4. The van der Waals surface area contributed by atoms with Crippen LogP contribution in [0.2, 0.25) is 5.02 Å². The normalized spacial score (nSPS) is 20.2. The molecule has 0 aliphatic carbocycles. The molecular weight excluding hydrogens is 522 g/mol. The smallest absolute Gasteiger partial charge is 0.275 e. The number of carbonyl (C=O) groups excluding carboxylic acids is 3. The first kappa shape index (κ1) is 26.7. The number of likely N-dealkylation sites (tertiary alicyclic amines) is 1. The molecule has 1 aromatic heterocycles. The van der Waals surface area contributed by atoms with Gasteiger partial charge in [0, 0.05) is 25.7 Å². The molecule has 39 heavy (non-hydrogen) atoms. The fourth-order valence-electron chi connectivity index (χ4n) is 4.79. The highest BCUT2D eigenvalue weighted by atomic mass is 35.5. The predicted molar refractivity (Wildman–Crippen MR) is 144 cm³/mol. The van der Waals surface area contributed by atoms with Gasteiger partial charge < -0.3 is 24.6 Å². The minimum Gasteiger partial charge on any atom is -0.457 e. The van der Waals surface area contributed by atoms with Crippen LogP contribution in [0.25, 0.3) is 0 Å². The molecule has 11 heteroatoms. The van der Waals surface area contributed by atoms with Crippen molar-refractivity contribution in [1.82, 2.24) is 25.3 Å². The van der Waals surface area contributed by atoms with E-state index in [0.29, 0.717) is 42.3 Å². The summed E-state index contributed by atoms with van der Waals surface area (Å²) in [5.74, 6) is 0.197. The summed E-state index contributed by atoms with van der Waals surface area (Å²) >= 11 is 6.27. The van der Waals surface area contributed by atoms with Gasteiger partial charge in [0.15, 0.2) is 5.69 Å². The Labute approximate surface area is 231 Å². The van der Waals surface area contributed by atoms with Crippen LogP contribution in [-0.4, -0.2) is 76.5 Å². The Bertz CT molecular complexity index is 1420. The number of aryl methyl sites for hydroxylation is 2. The Hall–Kier alpha value is -3.89. The van der Waals surface area contributed by atoms with Gasteiger partial charge in [0.25, 0.3) is 11.8 Å². The standard InChI is InChI=1S/C28H30ClN5O5/c1-16-7-8-19-12-23(16)39-20-6-4-5-18(11-20)15-38-22-9-10-34(28(37)26-25(29)17(2)31-32-26)13-21(22)30-24(35)14-33(3)27(19)36/h4-8,11-12,21-22H,9-10,13-15H2,1-3H3,(H,30,35)(H,31,32)/t21-,22+/m0/s1. The number of benzene rings is 2. The average molecular weight is 552 g/mol. The van der Waals surface area contributed by atoms with E-state index in [0.717, 1.165) is 11.1 Å². The van der Waals surface area contributed by atoms with Crippen LogP contribution >= 0.6 is 11.6 Å². The first-order valence-corrected chi connectivity index (χ1v) is 13.1. The highest BCUT2D eigenvalue weighted by Crippen LogP contribution is 2.28. The highest BCUT2D eigenvalue weighted by Gasteiger charge is 2.35. The second-order valence-corrected chi connectivity index (χ2v) is 10.3. The van der Waals surface area contributed by atoms with Crippen LogP contribution in [0.15, 0.2) is 42.5 Å². The van der Waals surface area contributed by atoms with Crippen molar-refractivity contribution < 1.29 is 23.9 Å². The first-order chi connectivity index (χ1) is 18.7. The van der Waals surface area contributed by atoms with Crippen molar-refractivity contribution >= 4 is 29.3 Å². The Balaban J connectivity index is 1.42. The number of halogens is 1. The number of amides is 3. The number of likely N-dealkylation sites (N-methyl/N-ethyl adjacent to an activating group) is 1. The van der Waals surface area contributed by atoms with Gasteiger partial charge in [0.2, 0.25) is 5.91 Å². The second-order valence-electron chi connectivity index (χ2n) is 9.97. The maximum absolute atomic E-state index is 13.2. The van der Waals surface area contributed by atoms with E-state index < -0.39 is 6.04 Å². The molecule has 3 aromatic rings. The van der Waals surface area contributed by atoms with E-state index in [1.165, 1.54) is 4.90 Å². The monoisotopic (exact) mass is 551 g/mol. The number of piperidine rings is 1. The molecule has 0 radical (unpaired) electrons. The van der Waals surface area contributed by atoms with Crippen molar-refractivity contribution in [1.29, 1.82) is 0 Å². The van der Waals surface area contributed by atoms with E-state index in [9.17, 15) is 14.4 Å². The van der Waals surface area contributed by atoms with Crippen molar-refractivity contribution in [3.8, 4) is 11.5 Å². The molecule has 2 aliphatic heterocycles. The molecule has 3 amide bonds. The number of carbonyl (C=O) groups is 3. The van der Waals surface area contributed by atoms with Crippen molar-refractivity contribution in [3.05, 3.63) is 75.6 Å². The van der Waals surface area contributed by atoms with Crippen LogP contribution in [0.4, 0.5) is 0 Å². The number of hydrogen-bond donors (Lipinski definition) is 2. The molecule has 2 aromatic carbocycles. The molecule has 0 saturated carbocycles. The number of hydrogen-bond acceptors (Lipinski definition) is 6. The fraction of sp³-hybridized carbons (Fsp3) is 0.357. The lowest BCUT2D eigenvalue weighted by molar-refractivity contribution is -0.124. The topological polar surface area (TPSA) is 117 Å². The van der Waals surface area contributed by atoms with Crippen molar-refractivity contribution in [2.45, 2.75) is 39.0 Å². The van der Waals surface area contributed by atoms with Gasteiger partial charge in [-0.2, -0.15) is 5.10 Å². The molecule has 4 bridgehead atoms. The van der Waals surface area contributed by atoms with Crippen molar-refractivity contribution in [3.63, 3.8) is 0 Å². The van der Waals surface area contributed by atoms with Crippen LogP contribution < -0.4 is 10.1 Å². The fourth-order valence-corrected chi connectivity index (χ4v) is 4.96. The number of ether oxygens (including phenoxy) is 2. The van der Waals surface area contributed by atoms with E-state index in [2.05, 4.69) is 15.5 Å². The molecule has 1 saturated heterocycles. The van der Waals surface area contributed by atoms with Crippen LogP contribution in [0.5, 0.6) is 11.5 Å². The number of rotatable bonds is 1. The number of aromatic amines is 1. The Morgan fingerprint density at radius 1 is 1.15 bits per heavy atom. The lowest BCUT2D eigenvalue weighted by Gasteiger charge is -2.38. The molecule has 2 aliphatic rings. The highest BCUT2D eigenvalue weighted by molar-refractivity contribution is 6.34. The van der Waals surface area contributed by atoms with E-state index >= 15 is 0 Å². The maximum atomic E-state index is 13.2. The Kier molecular flexibility index (Phi) is 7.58. The number of fused-ring (bicyclic) bond motifs is 5. The predicted octanol–water partition coefficient (Wildman–Crippen LogP) is 3.47. The number of nitrogens with one attached hydrogen (secondary N) is 2. The molecule has 5 rings (SSSR count). The summed E-state index contributed by atoms with van der Waals surface area (Å²) < 4.78 is 12.4. The number of nitrogens with zero attached hydrogens (tertiary/aromatic N) is 3. The Morgan fingerprint density at radius 2 is 1.97 bits per heavy atom. The van der Waals surface area contributed by atoms with Crippen LogP contribution in [0, 0.1) is 13.8 Å². The summed E-state index contributed by atoms with van der Waals surface area (Å²) in [6, 6.07) is 12.3. The molecule has 3 heterocycles. The summed E-state index contributed by atoms with van der Waals surface area (Å²) in [5, 5.41) is 10.1. The average Bonchev–Trinajstić information content (AvgIpc) is 3.25. The molecule has 204 valence electrons. The molecular formula is C28H30ClN5O5.